The van der Waals surface area contributed by atoms with E-state index in [-0.39, 0.29) is 5.91 Å². The summed E-state index contributed by atoms with van der Waals surface area (Å²) in [6, 6.07) is 1.95. The molecule has 0 aromatic carbocycles. The van der Waals surface area contributed by atoms with E-state index in [0.29, 0.717) is 6.42 Å². The topological polar surface area (TPSA) is 43.1 Å². The number of hydrogen-bond acceptors (Lipinski definition) is 2. The van der Waals surface area contributed by atoms with Crippen LogP contribution in [0.1, 0.15) is 12.0 Å². The summed E-state index contributed by atoms with van der Waals surface area (Å²) in [5.41, 5.74) is 6.02. The molecule has 1 amide bonds. The van der Waals surface area contributed by atoms with Gasteiger partial charge in [0.05, 0.1) is 0 Å². The van der Waals surface area contributed by atoms with E-state index < -0.39 is 0 Å². The molecule has 3 heteroatoms. The second-order valence-electron chi connectivity index (χ2n) is 1.93. The number of hydrogen-bond donors (Lipinski definition) is 1. The highest BCUT2D eigenvalue weighted by Crippen LogP contribution is 2.09. The number of carbonyl (C=O) groups excluding carboxylic acids is 1. The number of rotatable bonds is 3. The lowest BCUT2D eigenvalue weighted by Gasteiger charge is -1.90. The third kappa shape index (κ3) is 2.19. The van der Waals surface area contributed by atoms with Crippen molar-refractivity contribution in [2.24, 2.45) is 5.73 Å². The Balaban J connectivity index is 2.35. The molecule has 1 rings (SSSR count). The van der Waals surface area contributed by atoms with Crippen LogP contribution in [0.3, 0.4) is 0 Å². The van der Waals surface area contributed by atoms with Gasteiger partial charge >= 0.3 is 0 Å². The zero-order chi connectivity index (χ0) is 7.40. The zero-order valence-corrected chi connectivity index (χ0v) is 6.23. The molecule has 0 aliphatic carbocycles. The molecule has 1 aromatic heterocycles. The van der Waals surface area contributed by atoms with Gasteiger partial charge in [-0.15, -0.1) is 0 Å². The lowest BCUT2D eigenvalue weighted by atomic mass is 10.2. The van der Waals surface area contributed by atoms with Crippen molar-refractivity contribution in [3.63, 3.8) is 0 Å². The number of thiophene rings is 1. The van der Waals surface area contributed by atoms with E-state index in [1.807, 2.05) is 23.2 Å². The molecule has 1 radical (unpaired) electrons. The summed E-state index contributed by atoms with van der Waals surface area (Å²) in [6.07, 6.45) is 2.15. The first-order chi connectivity index (χ1) is 4.79. The van der Waals surface area contributed by atoms with Crippen LogP contribution in [0.15, 0.2) is 16.8 Å². The van der Waals surface area contributed by atoms with E-state index in [1.165, 1.54) is 0 Å². The van der Waals surface area contributed by atoms with Crippen LogP contribution in [0.4, 0.5) is 0 Å². The molecule has 10 heavy (non-hydrogen) atoms. The van der Waals surface area contributed by atoms with Crippen LogP contribution in [0.2, 0.25) is 0 Å². The van der Waals surface area contributed by atoms with Crippen molar-refractivity contribution < 1.29 is 4.79 Å². The van der Waals surface area contributed by atoms with Crippen molar-refractivity contribution >= 4 is 17.2 Å². The molecular formula is C7H8NOS. The molecule has 1 aromatic rings. The first-order valence-corrected chi connectivity index (χ1v) is 3.87. The third-order valence-corrected chi connectivity index (χ3v) is 1.78. The molecular weight excluding hydrogens is 146 g/mol. The van der Waals surface area contributed by atoms with Gasteiger partial charge in [-0.25, -0.2) is 0 Å². The highest BCUT2D eigenvalue weighted by Gasteiger charge is 1.96. The van der Waals surface area contributed by atoms with Crippen LogP contribution >= 0.6 is 11.3 Å². The van der Waals surface area contributed by atoms with Crippen molar-refractivity contribution in [2.45, 2.75) is 6.42 Å². The maximum absolute atomic E-state index is 10.3. The first kappa shape index (κ1) is 7.28. The Kier molecular flexibility index (Phi) is 2.45. The van der Waals surface area contributed by atoms with Gasteiger partial charge in [0.2, 0.25) is 5.91 Å². The minimum absolute atomic E-state index is 0.286. The van der Waals surface area contributed by atoms with Crippen molar-refractivity contribution in [3.05, 3.63) is 28.8 Å². The van der Waals surface area contributed by atoms with E-state index in [4.69, 9.17) is 5.73 Å². The fraction of sp³-hybridized carbons (Fsp3) is 0.143. The molecule has 0 saturated carbocycles. The average molecular weight is 154 g/mol. The predicted octanol–water partition coefficient (Wildman–Crippen LogP) is 1.18. The number of carbonyl (C=O) groups is 1. The molecule has 0 saturated heterocycles. The molecule has 0 aliphatic rings. The zero-order valence-electron chi connectivity index (χ0n) is 5.41. The van der Waals surface area contributed by atoms with E-state index in [9.17, 15) is 4.79 Å². The van der Waals surface area contributed by atoms with Crippen LogP contribution in [0.25, 0.3) is 0 Å². The van der Waals surface area contributed by atoms with E-state index in [1.54, 1.807) is 11.3 Å². The fourth-order valence-corrected chi connectivity index (χ4v) is 1.26. The Morgan fingerprint density at radius 3 is 3.10 bits per heavy atom. The highest BCUT2D eigenvalue weighted by atomic mass is 32.1. The monoisotopic (exact) mass is 154 g/mol. The van der Waals surface area contributed by atoms with Crippen molar-refractivity contribution in [2.75, 3.05) is 0 Å². The fourth-order valence-electron chi connectivity index (χ4n) is 0.610. The van der Waals surface area contributed by atoms with Crippen molar-refractivity contribution in [1.29, 1.82) is 0 Å². The van der Waals surface area contributed by atoms with Crippen LogP contribution in [-0.2, 0) is 4.79 Å². The van der Waals surface area contributed by atoms with Crippen molar-refractivity contribution in [3.8, 4) is 0 Å². The van der Waals surface area contributed by atoms with Crippen LogP contribution in [0, 0.1) is 6.42 Å². The highest BCUT2D eigenvalue weighted by molar-refractivity contribution is 7.08. The maximum atomic E-state index is 10.3. The minimum atomic E-state index is -0.286. The Hall–Kier alpha value is -0.830. The van der Waals surface area contributed by atoms with Gasteiger partial charge in [0.25, 0.3) is 0 Å². The van der Waals surface area contributed by atoms with Gasteiger partial charge in [-0.1, -0.05) is 0 Å². The molecule has 0 aliphatic heterocycles. The second kappa shape index (κ2) is 3.37. The molecule has 0 fully saturated rings. The van der Waals surface area contributed by atoms with Crippen LogP contribution in [0.5, 0.6) is 0 Å². The van der Waals surface area contributed by atoms with Gasteiger partial charge in [-0.05, 0) is 22.4 Å². The Morgan fingerprint density at radius 2 is 2.60 bits per heavy atom. The Bertz CT molecular complexity index is 205. The molecule has 0 spiro atoms. The molecule has 2 nitrogen and oxygen atoms in total. The third-order valence-electron chi connectivity index (χ3n) is 1.08. The van der Waals surface area contributed by atoms with E-state index in [0.717, 1.165) is 5.56 Å². The van der Waals surface area contributed by atoms with Gasteiger partial charge in [-0.2, -0.15) is 11.3 Å². The number of amides is 1. The smallest absolute Gasteiger partial charge is 0.218 e. The molecule has 1 heterocycles. The first-order valence-electron chi connectivity index (χ1n) is 2.93. The Labute approximate surface area is 63.7 Å². The van der Waals surface area contributed by atoms with Gasteiger partial charge in [0, 0.05) is 12.8 Å². The Morgan fingerprint density at radius 1 is 1.80 bits per heavy atom. The quantitative estimate of drug-likeness (QED) is 0.697. The lowest BCUT2D eigenvalue weighted by Crippen LogP contribution is -2.09. The summed E-state index contributed by atoms with van der Waals surface area (Å²) < 4.78 is 0. The van der Waals surface area contributed by atoms with E-state index in [2.05, 4.69) is 0 Å². The largest absolute Gasteiger partial charge is 0.370 e. The normalized spacial score (nSPS) is 9.60. The maximum Gasteiger partial charge on any atom is 0.218 e. The SMILES string of the molecule is NC(=O)C[CH]c1ccsc1. The van der Waals surface area contributed by atoms with Gasteiger partial charge < -0.3 is 5.73 Å². The van der Waals surface area contributed by atoms with E-state index >= 15 is 0 Å². The van der Waals surface area contributed by atoms with Gasteiger partial charge in [-0.3, -0.25) is 4.79 Å². The molecule has 53 valence electrons. The van der Waals surface area contributed by atoms with Gasteiger partial charge in [0.15, 0.2) is 0 Å². The summed E-state index contributed by atoms with van der Waals surface area (Å²) >= 11 is 1.61. The van der Waals surface area contributed by atoms with Crippen molar-refractivity contribution in [1.82, 2.24) is 0 Å². The summed E-state index contributed by atoms with van der Waals surface area (Å²) in [6.45, 7) is 0. The summed E-state index contributed by atoms with van der Waals surface area (Å²) in [5.74, 6) is -0.286. The lowest BCUT2D eigenvalue weighted by molar-refractivity contribution is -0.117. The second-order valence-corrected chi connectivity index (χ2v) is 2.71. The standard InChI is InChI=1S/C7H8NOS/c8-7(9)2-1-6-3-4-10-5-6/h1,3-5H,2H2,(H2,8,9). The molecule has 0 atom stereocenters. The molecule has 0 unspecified atom stereocenters. The van der Waals surface area contributed by atoms with Crippen LogP contribution in [-0.4, -0.2) is 5.91 Å². The summed E-state index contributed by atoms with van der Waals surface area (Å²) in [5, 5.41) is 3.94. The molecule has 0 bridgehead atoms. The number of primary amides is 1. The predicted molar refractivity (Wildman–Crippen MR) is 41.5 cm³/mol. The van der Waals surface area contributed by atoms with Gasteiger partial charge in [0.1, 0.15) is 0 Å². The van der Waals surface area contributed by atoms with Crippen LogP contribution < -0.4 is 5.73 Å². The minimum Gasteiger partial charge on any atom is -0.370 e. The summed E-state index contributed by atoms with van der Waals surface area (Å²) in [4.78, 5) is 10.3. The average Bonchev–Trinajstić information content (AvgIpc) is 2.34. The summed E-state index contributed by atoms with van der Waals surface area (Å²) in [7, 11) is 0. The number of nitrogens with two attached hydrogens (primary N) is 1. The molecule has 2 N–H and O–H groups in total.